The lowest BCUT2D eigenvalue weighted by atomic mass is 10.1. The largest absolute Gasteiger partial charge is 0.423 e. The van der Waals surface area contributed by atoms with Crippen LogP contribution in [0, 0.1) is 0 Å². The molecule has 5 heteroatoms. The number of H-pyrrole nitrogens is 1. The van der Waals surface area contributed by atoms with Gasteiger partial charge in [-0.05, 0) is 25.0 Å². The highest BCUT2D eigenvalue weighted by Gasteiger charge is 2.08. The third-order valence-corrected chi connectivity index (χ3v) is 3.57. The van der Waals surface area contributed by atoms with E-state index >= 15 is 0 Å². The van der Waals surface area contributed by atoms with Gasteiger partial charge in [-0.1, -0.05) is 31.9 Å². The lowest BCUT2D eigenvalue weighted by Crippen LogP contribution is -2.07. The average Bonchev–Trinajstić information content (AvgIpc) is 3.02. The molecule has 0 saturated heterocycles. The molecule has 0 aliphatic carbocycles. The predicted molar refractivity (Wildman–Crippen MR) is 81.1 cm³/mol. The zero-order chi connectivity index (χ0) is 14.7. The zero-order valence-electron chi connectivity index (χ0n) is 11.9. The fourth-order valence-corrected chi connectivity index (χ4v) is 2.39. The van der Waals surface area contributed by atoms with Gasteiger partial charge >= 0.3 is 5.63 Å². The van der Waals surface area contributed by atoms with Gasteiger partial charge < -0.3 is 4.42 Å². The minimum absolute atomic E-state index is 0.240. The standard InChI is InChI=1S/C16H17N3O2/c1-2-3-4-5-13-8-12-7-6-11(14-10-17-19-18-14)9-15(12)21-16(13)20/h6-10H,2-5H2,1H3,(H,17,18,19). The number of fused-ring (bicyclic) bond motifs is 1. The Hall–Kier alpha value is -2.43. The molecule has 0 fully saturated rings. The van der Waals surface area contributed by atoms with Crippen molar-refractivity contribution in [2.75, 3.05) is 0 Å². The van der Waals surface area contributed by atoms with Gasteiger partial charge in [-0.25, -0.2) is 4.79 Å². The molecule has 2 aromatic heterocycles. The molecule has 0 aliphatic rings. The molecule has 108 valence electrons. The maximum absolute atomic E-state index is 12.0. The summed E-state index contributed by atoms with van der Waals surface area (Å²) >= 11 is 0. The summed E-state index contributed by atoms with van der Waals surface area (Å²) in [4.78, 5) is 12.0. The first-order valence-electron chi connectivity index (χ1n) is 7.21. The topological polar surface area (TPSA) is 71.8 Å². The molecule has 21 heavy (non-hydrogen) atoms. The molecule has 0 radical (unpaired) electrons. The van der Waals surface area contributed by atoms with Crippen molar-refractivity contribution in [3.63, 3.8) is 0 Å². The van der Waals surface area contributed by atoms with Gasteiger partial charge in [0.15, 0.2) is 0 Å². The number of hydrogen-bond acceptors (Lipinski definition) is 4. The second-order valence-electron chi connectivity index (χ2n) is 5.12. The molecular formula is C16H17N3O2. The second-order valence-corrected chi connectivity index (χ2v) is 5.12. The Labute approximate surface area is 122 Å². The summed E-state index contributed by atoms with van der Waals surface area (Å²) in [6.07, 6.45) is 5.70. The summed E-state index contributed by atoms with van der Waals surface area (Å²) in [6, 6.07) is 7.66. The molecule has 1 N–H and O–H groups in total. The minimum Gasteiger partial charge on any atom is -0.423 e. The average molecular weight is 283 g/mol. The SMILES string of the molecule is CCCCCc1cc2ccc(-c3cn[nH]n3)cc2oc1=O. The van der Waals surface area contributed by atoms with E-state index in [9.17, 15) is 4.79 Å². The van der Waals surface area contributed by atoms with Crippen LogP contribution in [0.15, 0.2) is 39.7 Å². The van der Waals surface area contributed by atoms with E-state index in [0.29, 0.717) is 5.58 Å². The van der Waals surface area contributed by atoms with Gasteiger partial charge in [-0.2, -0.15) is 15.4 Å². The molecule has 0 atom stereocenters. The predicted octanol–water partition coefficient (Wildman–Crippen LogP) is 3.31. The highest BCUT2D eigenvalue weighted by Crippen LogP contribution is 2.22. The smallest absolute Gasteiger partial charge is 0.339 e. The number of aryl methyl sites for hydroxylation is 1. The van der Waals surface area contributed by atoms with E-state index in [2.05, 4.69) is 22.3 Å². The van der Waals surface area contributed by atoms with Crippen LogP contribution in [0.4, 0.5) is 0 Å². The second kappa shape index (κ2) is 5.91. The Morgan fingerprint density at radius 2 is 2.14 bits per heavy atom. The van der Waals surface area contributed by atoms with Gasteiger partial charge in [-0.3, -0.25) is 0 Å². The first kappa shape index (κ1) is 13.5. The van der Waals surface area contributed by atoms with E-state index in [0.717, 1.165) is 47.9 Å². The molecule has 0 saturated carbocycles. The monoisotopic (exact) mass is 283 g/mol. The normalized spacial score (nSPS) is 11.1. The quantitative estimate of drug-likeness (QED) is 0.576. The summed E-state index contributed by atoms with van der Waals surface area (Å²) in [6.45, 7) is 2.15. The Kier molecular flexibility index (Phi) is 3.81. The summed E-state index contributed by atoms with van der Waals surface area (Å²) in [5, 5.41) is 11.3. The molecule has 0 bridgehead atoms. The van der Waals surface area contributed by atoms with Crippen molar-refractivity contribution in [1.29, 1.82) is 0 Å². The zero-order valence-corrected chi connectivity index (χ0v) is 11.9. The summed E-state index contributed by atoms with van der Waals surface area (Å²) < 4.78 is 5.45. The third kappa shape index (κ3) is 2.86. The highest BCUT2D eigenvalue weighted by molar-refractivity contribution is 5.82. The van der Waals surface area contributed by atoms with E-state index in [1.54, 1.807) is 6.20 Å². The number of benzene rings is 1. The number of hydrogen-bond donors (Lipinski definition) is 1. The minimum atomic E-state index is -0.240. The maximum Gasteiger partial charge on any atom is 0.339 e. The van der Waals surface area contributed by atoms with Crippen LogP contribution in [0.3, 0.4) is 0 Å². The molecule has 5 nitrogen and oxygen atoms in total. The third-order valence-electron chi connectivity index (χ3n) is 3.57. The van der Waals surface area contributed by atoms with Crippen LogP contribution in [-0.2, 0) is 6.42 Å². The molecule has 3 rings (SSSR count). The molecule has 0 aliphatic heterocycles. The lowest BCUT2D eigenvalue weighted by Gasteiger charge is -2.03. The van der Waals surface area contributed by atoms with E-state index in [-0.39, 0.29) is 5.63 Å². The van der Waals surface area contributed by atoms with Crippen molar-refractivity contribution in [3.05, 3.63) is 46.4 Å². The highest BCUT2D eigenvalue weighted by atomic mass is 16.4. The number of rotatable bonds is 5. The van der Waals surface area contributed by atoms with Crippen LogP contribution in [0.2, 0.25) is 0 Å². The first-order valence-corrected chi connectivity index (χ1v) is 7.21. The Morgan fingerprint density at radius 1 is 1.24 bits per heavy atom. The Balaban J connectivity index is 1.96. The molecule has 3 aromatic rings. The van der Waals surface area contributed by atoms with Gasteiger partial charge in [0.1, 0.15) is 11.3 Å². The Morgan fingerprint density at radius 3 is 2.90 bits per heavy atom. The molecule has 0 amide bonds. The van der Waals surface area contributed by atoms with Crippen molar-refractivity contribution in [3.8, 4) is 11.3 Å². The van der Waals surface area contributed by atoms with Gasteiger partial charge in [0, 0.05) is 16.5 Å². The van der Waals surface area contributed by atoms with E-state index in [1.807, 2.05) is 24.3 Å². The van der Waals surface area contributed by atoms with Crippen LogP contribution in [0.1, 0.15) is 31.7 Å². The van der Waals surface area contributed by atoms with Crippen molar-refractivity contribution in [2.24, 2.45) is 0 Å². The maximum atomic E-state index is 12.0. The Bertz CT molecular complexity index is 791. The number of nitrogens with zero attached hydrogens (tertiary/aromatic N) is 2. The number of aromatic amines is 1. The van der Waals surface area contributed by atoms with E-state index in [4.69, 9.17) is 4.42 Å². The fraction of sp³-hybridized carbons (Fsp3) is 0.312. The summed E-state index contributed by atoms with van der Waals surface area (Å²) in [7, 11) is 0. The molecule has 0 unspecified atom stereocenters. The van der Waals surface area contributed by atoms with Gasteiger partial charge in [0.05, 0.1) is 6.20 Å². The van der Waals surface area contributed by atoms with Gasteiger partial charge in [-0.15, -0.1) is 0 Å². The fourth-order valence-electron chi connectivity index (χ4n) is 2.39. The number of nitrogens with one attached hydrogen (secondary N) is 1. The van der Waals surface area contributed by atoms with Crippen LogP contribution in [-0.4, -0.2) is 15.4 Å². The molecule has 0 spiro atoms. The van der Waals surface area contributed by atoms with Crippen molar-refractivity contribution in [2.45, 2.75) is 32.6 Å². The number of unbranched alkanes of at least 4 members (excludes halogenated alkanes) is 2. The van der Waals surface area contributed by atoms with Gasteiger partial charge in [0.25, 0.3) is 0 Å². The molecule has 2 heterocycles. The van der Waals surface area contributed by atoms with Gasteiger partial charge in [0.2, 0.25) is 0 Å². The number of aromatic nitrogens is 3. The van der Waals surface area contributed by atoms with E-state index in [1.165, 1.54) is 0 Å². The van der Waals surface area contributed by atoms with Crippen molar-refractivity contribution < 1.29 is 4.42 Å². The molecular weight excluding hydrogens is 266 g/mol. The molecule has 1 aromatic carbocycles. The first-order chi connectivity index (χ1) is 10.3. The van der Waals surface area contributed by atoms with Crippen LogP contribution < -0.4 is 5.63 Å². The lowest BCUT2D eigenvalue weighted by molar-refractivity contribution is 0.546. The van der Waals surface area contributed by atoms with Crippen LogP contribution in [0.25, 0.3) is 22.2 Å². The van der Waals surface area contributed by atoms with Crippen LogP contribution >= 0.6 is 0 Å². The van der Waals surface area contributed by atoms with Crippen molar-refractivity contribution >= 4 is 11.0 Å². The van der Waals surface area contributed by atoms with Crippen LogP contribution in [0.5, 0.6) is 0 Å². The summed E-state index contributed by atoms with van der Waals surface area (Å²) in [5.41, 5.74) is 2.70. The summed E-state index contributed by atoms with van der Waals surface area (Å²) in [5.74, 6) is 0. The van der Waals surface area contributed by atoms with E-state index < -0.39 is 0 Å². The van der Waals surface area contributed by atoms with Crippen molar-refractivity contribution in [1.82, 2.24) is 15.4 Å².